The lowest BCUT2D eigenvalue weighted by molar-refractivity contribution is -0.106. The van der Waals surface area contributed by atoms with E-state index in [9.17, 15) is 0 Å². The van der Waals surface area contributed by atoms with Gasteiger partial charge in [-0.1, -0.05) is 0 Å². The molecule has 0 aromatic carbocycles. The Hall–Kier alpha value is -0.590. The van der Waals surface area contributed by atoms with E-state index in [1.165, 1.54) is 0 Å². The zero-order valence-corrected chi connectivity index (χ0v) is 6.46. The van der Waals surface area contributed by atoms with E-state index in [4.69, 9.17) is 14.7 Å². The fourth-order valence-electron chi connectivity index (χ4n) is 0.680. The van der Waals surface area contributed by atoms with Crippen LogP contribution in [0, 0.1) is 11.3 Å². The second-order valence-corrected chi connectivity index (χ2v) is 1.95. The lowest BCUT2D eigenvalue weighted by Gasteiger charge is -2.10. The van der Waals surface area contributed by atoms with Crippen LogP contribution in [0.25, 0.3) is 0 Å². The molecular weight excluding hydrogens is 130 g/mol. The maximum absolute atomic E-state index is 8.19. The molecule has 0 atom stereocenters. The molecule has 0 radical (unpaired) electrons. The Balaban J connectivity index is 3.19. The van der Waals surface area contributed by atoms with E-state index >= 15 is 0 Å². The summed E-state index contributed by atoms with van der Waals surface area (Å²) < 4.78 is 9.83. The van der Waals surface area contributed by atoms with E-state index in [-0.39, 0.29) is 6.29 Å². The van der Waals surface area contributed by atoms with Crippen LogP contribution >= 0.6 is 0 Å². The van der Waals surface area contributed by atoms with Gasteiger partial charge in [-0.15, -0.1) is 0 Å². The number of hydrogen-bond acceptors (Lipinski definition) is 3. The van der Waals surface area contributed by atoms with Gasteiger partial charge in [-0.3, -0.25) is 0 Å². The van der Waals surface area contributed by atoms with Crippen molar-refractivity contribution in [2.75, 3.05) is 14.2 Å². The molecule has 0 aliphatic heterocycles. The summed E-state index contributed by atoms with van der Waals surface area (Å²) in [5.74, 6) is 0. The second kappa shape index (κ2) is 6.53. The van der Waals surface area contributed by atoms with Crippen molar-refractivity contribution in [3.63, 3.8) is 0 Å². The van der Waals surface area contributed by atoms with Crippen LogP contribution in [-0.2, 0) is 9.47 Å². The Bertz CT molecular complexity index is 105. The molecule has 0 unspecified atom stereocenters. The van der Waals surface area contributed by atoms with E-state index in [1.807, 2.05) is 0 Å². The molecule has 0 rings (SSSR count). The van der Waals surface area contributed by atoms with Gasteiger partial charge in [-0.25, -0.2) is 0 Å². The highest BCUT2D eigenvalue weighted by atomic mass is 16.7. The Morgan fingerprint density at radius 2 is 2.00 bits per heavy atom. The van der Waals surface area contributed by atoms with E-state index in [2.05, 4.69) is 6.07 Å². The highest BCUT2D eigenvalue weighted by Gasteiger charge is 2.02. The van der Waals surface area contributed by atoms with Crippen molar-refractivity contribution in [2.24, 2.45) is 0 Å². The number of hydrogen-bond donors (Lipinski definition) is 0. The van der Waals surface area contributed by atoms with Crippen LogP contribution in [0.2, 0.25) is 0 Å². The van der Waals surface area contributed by atoms with Crippen LogP contribution in [0.1, 0.15) is 19.3 Å². The molecule has 0 spiro atoms. The Labute approximate surface area is 61.5 Å². The quantitative estimate of drug-likeness (QED) is 0.430. The van der Waals surface area contributed by atoms with Gasteiger partial charge >= 0.3 is 0 Å². The van der Waals surface area contributed by atoms with Crippen molar-refractivity contribution in [1.82, 2.24) is 0 Å². The summed E-state index contributed by atoms with van der Waals surface area (Å²) in [4.78, 5) is 0. The molecule has 0 N–H and O–H groups in total. The predicted octanol–water partition coefficient (Wildman–Crippen LogP) is 1.30. The average Bonchev–Trinajstić information content (AvgIpc) is 1.99. The van der Waals surface area contributed by atoms with Crippen molar-refractivity contribution >= 4 is 0 Å². The number of nitriles is 1. The Kier molecular flexibility index (Phi) is 6.14. The van der Waals surface area contributed by atoms with E-state index in [0.717, 1.165) is 12.8 Å². The van der Waals surface area contributed by atoms with E-state index < -0.39 is 0 Å². The summed E-state index contributed by atoms with van der Waals surface area (Å²) in [6.07, 6.45) is 2.06. The highest BCUT2D eigenvalue weighted by Crippen LogP contribution is 2.03. The van der Waals surface area contributed by atoms with Gasteiger partial charge < -0.3 is 9.47 Å². The second-order valence-electron chi connectivity index (χ2n) is 1.95. The summed E-state index contributed by atoms with van der Waals surface area (Å²) in [5.41, 5.74) is 0. The number of ether oxygens (including phenoxy) is 2. The van der Waals surface area contributed by atoms with Crippen molar-refractivity contribution in [2.45, 2.75) is 25.6 Å². The van der Waals surface area contributed by atoms with Crippen LogP contribution in [0.3, 0.4) is 0 Å². The average molecular weight is 143 g/mol. The zero-order valence-electron chi connectivity index (χ0n) is 6.46. The van der Waals surface area contributed by atoms with Gasteiger partial charge in [0.2, 0.25) is 0 Å². The van der Waals surface area contributed by atoms with Crippen molar-refractivity contribution in [3.8, 4) is 6.07 Å². The van der Waals surface area contributed by atoms with Crippen LogP contribution in [0.4, 0.5) is 0 Å². The first kappa shape index (κ1) is 9.41. The first-order chi connectivity index (χ1) is 4.85. The minimum Gasteiger partial charge on any atom is -0.356 e. The van der Waals surface area contributed by atoms with Crippen LogP contribution < -0.4 is 0 Å². The molecule has 3 nitrogen and oxygen atoms in total. The first-order valence-electron chi connectivity index (χ1n) is 3.27. The maximum atomic E-state index is 8.19. The summed E-state index contributed by atoms with van der Waals surface area (Å²) in [6.45, 7) is 0. The summed E-state index contributed by atoms with van der Waals surface area (Å²) in [5, 5.41) is 8.19. The molecule has 10 heavy (non-hydrogen) atoms. The van der Waals surface area contributed by atoms with Gasteiger partial charge in [-0.05, 0) is 12.8 Å². The first-order valence-corrected chi connectivity index (χ1v) is 3.27. The number of rotatable bonds is 5. The molecule has 0 aliphatic rings. The van der Waals surface area contributed by atoms with Crippen LogP contribution in [-0.4, -0.2) is 20.5 Å². The normalized spacial score (nSPS) is 9.80. The standard InChI is InChI=1S/C7H13NO2/c1-9-7(10-2)5-3-4-6-8/h7H,3-5H2,1-2H3. The fourth-order valence-corrected chi connectivity index (χ4v) is 0.680. The van der Waals surface area contributed by atoms with E-state index in [0.29, 0.717) is 6.42 Å². The molecule has 0 aliphatic carbocycles. The van der Waals surface area contributed by atoms with Crippen molar-refractivity contribution < 1.29 is 9.47 Å². The fraction of sp³-hybridized carbons (Fsp3) is 0.857. The topological polar surface area (TPSA) is 42.2 Å². The predicted molar refractivity (Wildman–Crippen MR) is 37.3 cm³/mol. The molecule has 0 fully saturated rings. The van der Waals surface area contributed by atoms with Gasteiger partial charge in [0, 0.05) is 20.6 Å². The molecule has 3 heteroatoms. The van der Waals surface area contributed by atoms with Gasteiger partial charge in [0.15, 0.2) is 6.29 Å². The summed E-state index contributed by atoms with van der Waals surface area (Å²) in [7, 11) is 3.20. The largest absolute Gasteiger partial charge is 0.356 e. The molecule has 0 bridgehead atoms. The lowest BCUT2D eigenvalue weighted by atomic mass is 10.2. The number of unbranched alkanes of at least 4 members (excludes halogenated alkanes) is 1. The molecule has 58 valence electrons. The molecular formula is C7H13NO2. The zero-order chi connectivity index (χ0) is 7.82. The number of nitrogens with zero attached hydrogens (tertiary/aromatic N) is 1. The minimum atomic E-state index is -0.145. The van der Waals surface area contributed by atoms with Crippen molar-refractivity contribution in [1.29, 1.82) is 5.26 Å². The molecule has 0 heterocycles. The third-order valence-corrected chi connectivity index (χ3v) is 1.25. The Morgan fingerprint density at radius 1 is 1.40 bits per heavy atom. The van der Waals surface area contributed by atoms with Gasteiger partial charge in [0.25, 0.3) is 0 Å². The third kappa shape index (κ3) is 4.30. The molecule has 0 aromatic rings. The summed E-state index contributed by atoms with van der Waals surface area (Å²) >= 11 is 0. The highest BCUT2D eigenvalue weighted by molar-refractivity contribution is 4.68. The Morgan fingerprint density at radius 3 is 2.40 bits per heavy atom. The SMILES string of the molecule is COC(CCCC#N)OC. The molecule has 0 amide bonds. The van der Waals surface area contributed by atoms with Gasteiger partial charge in [-0.2, -0.15) is 5.26 Å². The van der Waals surface area contributed by atoms with Crippen LogP contribution in [0.5, 0.6) is 0 Å². The summed E-state index contributed by atoms with van der Waals surface area (Å²) in [6, 6.07) is 2.06. The minimum absolute atomic E-state index is 0.145. The molecule has 0 aromatic heterocycles. The molecule has 0 saturated heterocycles. The smallest absolute Gasteiger partial charge is 0.156 e. The monoisotopic (exact) mass is 143 g/mol. The van der Waals surface area contributed by atoms with Crippen molar-refractivity contribution in [3.05, 3.63) is 0 Å². The third-order valence-electron chi connectivity index (χ3n) is 1.25. The molecule has 0 saturated carbocycles. The lowest BCUT2D eigenvalue weighted by Crippen LogP contribution is -2.12. The van der Waals surface area contributed by atoms with Crippen LogP contribution in [0.15, 0.2) is 0 Å². The van der Waals surface area contributed by atoms with E-state index in [1.54, 1.807) is 14.2 Å². The maximum Gasteiger partial charge on any atom is 0.156 e. The van der Waals surface area contributed by atoms with Gasteiger partial charge in [0.05, 0.1) is 6.07 Å². The number of methoxy groups -OCH3 is 2. The van der Waals surface area contributed by atoms with Gasteiger partial charge in [0.1, 0.15) is 0 Å².